The topological polar surface area (TPSA) is 72.9 Å². The molecular weight excluding hydrogens is 272 g/mol. The van der Waals surface area contributed by atoms with Crippen molar-refractivity contribution in [3.63, 3.8) is 0 Å². The monoisotopic (exact) mass is 284 g/mol. The third-order valence-corrected chi connectivity index (χ3v) is 3.49. The standard InChI is InChI=1S/C11H13ClN4OS/c12-10-2-1-9(18-10)7-16-11(17)5-8(6-15-16)14-4-3-13/h1-2,5-6,14H,3-4,7,13H2. The molecule has 0 amide bonds. The molecule has 2 heterocycles. The lowest BCUT2D eigenvalue weighted by molar-refractivity contribution is 0.646. The molecule has 2 aromatic rings. The molecule has 0 aliphatic heterocycles. The molecule has 0 radical (unpaired) electrons. The molecule has 0 bridgehead atoms. The van der Waals surface area contributed by atoms with E-state index in [2.05, 4.69) is 10.4 Å². The normalized spacial score (nSPS) is 10.6. The molecule has 0 aliphatic rings. The Hall–Kier alpha value is -1.37. The summed E-state index contributed by atoms with van der Waals surface area (Å²) in [4.78, 5) is 12.8. The number of nitrogens with one attached hydrogen (secondary N) is 1. The molecule has 96 valence electrons. The molecule has 3 N–H and O–H groups in total. The number of thiophene rings is 1. The first-order chi connectivity index (χ1) is 8.69. The highest BCUT2D eigenvalue weighted by atomic mass is 35.5. The van der Waals surface area contributed by atoms with Gasteiger partial charge in [0.05, 0.1) is 22.8 Å². The smallest absolute Gasteiger partial charge is 0.269 e. The van der Waals surface area contributed by atoms with E-state index in [9.17, 15) is 4.79 Å². The summed E-state index contributed by atoms with van der Waals surface area (Å²) in [7, 11) is 0. The van der Waals surface area contributed by atoms with E-state index in [1.807, 2.05) is 12.1 Å². The number of aromatic nitrogens is 2. The summed E-state index contributed by atoms with van der Waals surface area (Å²) in [5.41, 5.74) is 5.91. The Morgan fingerprint density at radius 3 is 2.94 bits per heavy atom. The molecule has 2 aromatic heterocycles. The SMILES string of the molecule is NCCNc1cnn(Cc2ccc(Cl)s2)c(=O)c1. The third-order valence-electron chi connectivity index (χ3n) is 2.28. The molecule has 18 heavy (non-hydrogen) atoms. The van der Waals surface area contributed by atoms with E-state index in [4.69, 9.17) is 17.3 Å². The number of rotatable bonds is 5. The van der Waals surface area contributed by atoms with Gasteiger partial charge in [-0.1, -0.05) is 11.6 Å². The van der Waals surface area contributed by atoms with Gasteiger partial charge >= 0.3 is 0 Å². The average molecular weight is 285 g/mol. The number of nitrogens with two attached hydrogens (primary N) is 1. The van der Waals surface area contributed by atoms with Crippen LogP contribution in [0.4, 0.5) is 5.69 Å². The zero-order chi connectivity index (χ0) is 13.0. The Bertz CT molecular complexity index is 580. The van der Waals surface area contributed by atoms with Gasteiger partial charge in [-0.25, -0.2) is 4.68 Å². The van der Waals surface area contributed by atoms with E-state index in [1.54, 1.807) is 6.20 Å². The fraction of sp³-hybridized carbons (Fsp3) is 0.273. The van der Waals surface area contributed by atoms with Crippen LogP contribution in [0.5, 0.6) is 0 Å². The van der Waals surface area contributed by atoms with Crippen LogP contribution in [-0.2, 0) is 6.54 Å². The molecule has 0 aliphatic carbocycles. The predicted molar refractivity (Wildman–Crippen MR) is 74.5 cm³/mol. The van der Waals surface area contributed by atoms with Crippen LogP contribution in [0.1, 0.15) is 4.88 Å². The average Bonchev–Trinajstić information content (AvgIpc) is 2.75. The fourth-order valence-corrected chi connectivity index (χ4v) is 2.52. The Morgan fingerprint density at radius 1 is 1.50 bits per heavy atom. The van der Waals surface area contributed by atoms with Crippen LogP contribution in [0.3, 0.4) is 0 Å². The van der Waals surface area contributed by atoms with Crippen molar-refractivity contribution in [3.05, 3.63) is 44.0 Å². The molecule has 0 fully saturated rings. The molecule has 0 unspecified atom stereocenters. The fourth-order valence-electron chi connectivity index (χ4n) is 1.45. The largest absolute Gasteiger partial charge is 0.382 e. The molecule has 0 saturated heterocycles. The molecule has 2 rings (SSSR count). The van der Waals surface area contributed by atoms with Gasteiger partial charge in [-0.15, -0.1) is 11.3 Å². The molecule has 5 nitrogen and oxygen atoms in total. The van der Waals surface area contributed by atoms with E-state index in [-0.39, 0.29) is 5.56 Å². The highest BCUT2D eigenvalue weighted by molar-refractivity contribution is 7.16. The lowest BCUT2D eigenvalue weighted by Gasteiger charge is -2.06. The van der Waals surface area contributed by atoms with Crippen molar-refractivity contribution in [3.8, 4) is 0 Å². The molecule has 0 atom stereocenters. The highest BCUT2D eigenvalue weighted by Crippen LogP contribution is 2.21. The second-order valence-electron chi connectivity index (χ2n) is 3.66. The summed E-state index contributed by atoms with van der Waals surface area (Å²) in [6.07, 6.45) is 1.62. The summed E-state index contributed by atoms with van der Waals surface area (Å²) in [6.45, 7) is 1.57. The van der Waals surface area contributed by atoms with Gasteiger partial charge in [-0.05, 0) is 12.1 Å². The molecule has 0 spiro atoms. The zero-order valence-corrected chi connectivity index (χ0v) is 11.2. The first-order valence-electron chi connectivity index (χ1n) is 5.44. The summed E-state index contributed by atoms with van der Waals surface area (Å²) >= 11 is 7.28. The quantitative estimate of drug-likeness (QED) is 0.870. The number of hydrogen-bond donors (Lipinski definition) is 2. The van der Waals surface area contributed by atoms with Crippen LogP contribution in [0.15, 0.2) is 29.2 Å². The molecule has 0 aromatic carbocycles. The van der Waals surface area contributed by atoms with E-state index in [1.165, 1.54) is 22.1 Å². The van der Waals surface area contributed by atoms with Gasteiger partial charge in [0, 0.05) is 24.0 Å². The van der Waals surface area contributed by atoms with Crippen molar-refractivity contribution in [2.24, 2.45) is 5.73 Å². The van der Waals surface area contributed by atoms with Gasteiger partial charge in [-0.2, -0.15) is 5.10 Å². The summed E-state index contributed by atoms with van der Waals surface area (Å²) in [5, 5.41) is 7.11. The van der Waals surface area contributed by atoms with Crippen LogP contribution < -0.4 is 16.6 Å². The number of halogens is 1. The van der Waals surface area contributed by atoms with Crippen LogP contribution in [0.2, 0.25) is 4.34 Å². The van der Waals surface area contributed by atoms with Crippen LogP contribution in [-0.4, -0.2) is 22.9 Å². The number of hydrogen-bond acceptors (Lipinski definition) is 5. The van der Waals surface area contributed by atoms with Gasteiger partial charge < -0.3 is 11.1 Å². The van der Waals surface area contributed by atoms with Crippen molar-refractivity contribution in [2.75, 3.05) is 18.4 Å². The lowest BCUT2D eigenvalue weighted by atomic mass is 10.4. The van der Waals surface area contributed by atoms with Gasteiger partial charge in [0.2, 0.25) is 0 Å². The zero-order valence-electron chi connectivity index (χ0n) is 9.60. The van der Waals surface area contributed by atoms with Gasteiger partial charge in [0.15, 0.2) is 0 Å². The van der Waals surface area contributed by atoms with E-state index in [0.717, 1.165) is 4.88 Å². The Kier molecular flexibility index (Phi) is 4.35. The minimum absolute atomic E-state index is 0.151. The number of nitrogens with zero attached hydrogens (tertiary/aromatic N) is 2. The lowest BCUT2D eigenvalue weighted by Crippen LogP contribution is -2.23. The van der Waals surface area contributed by atoms with Crippen LogP contribution in [0, 0.1) is 0 Å². The second kappa shape index (κ2) is 5.99. The van der Waals surface area contributed by atoms with Crippen molar-refractivity contribution < 1.29 is 0 Å². The number of anilines is 1. The summed E-state index contributed by atoms with van der Waals surface area (Å²) in [6, 6.07) is 5.21. The second-order valence-corrected chi connectivity index (χ2v) is 5.46. The maximum atomic E-state index is 11.8. The van der Waals surface area contributed by atoms with Gasteiger partial charge in [0.1, 0.15) is 0 Å². The third kappa shape index (κ3) is 3.32. The highest BCUT2D eigenvalue weighted by Gasteiger charge is 2.03. The maximum Gasteiger partial charge on any atom is 0.269 e. The maximum absolute atomic E-state index is 11.8. The Balaban J connectivity index is 2.12. The first-order valence-corrected chi connectivity index (χ1v) is 6.64. The van der Waals surface area contributed by atoms with E-state index >= 15 is 0 Å². The Morgan fingerprint density at radius 2 is 2.33 bits per heavy atom. The van der Waals surface area contributed by atoms with Crippen molar-refractivity contribution >= 4 is 28.6 Å². The van der Waals surface area contributed by atoms with Gasteiger partial charge in [0.25, 0.3) is 5.56 Å². The van der Waals surface area contributed by atoms with Crippen molar-refractivity contribution in [2.45, 2.75) is 6.54 Å². The van der Waals surface area contributed by atoms with Crippen molar-refractivity contribution in [1.82, 2.24) is 9.78 Å². The van der Waals surface area contributed by atoms with Gasteiger partial charge in [-0.3, -0.25) is 4.79 Å². The van der Waals surface area contributed by atoms with Crippen LogP contribution >= 0.6 is 22.9 Å². The van der Waals surface area contributed by atoms with E-state index in [0.29, 0.717) is 29.7 Å². The first kappa shape index (κ1) is 13.1. The van der Waals surface area contributed by atoms with Crippen LogP contribution in [0.25, 0.3) is 0 Å². The summed E-state index contributed by atoms with van der Waals surface area (Å²) < 4.78 is 2.11. The van der Waals surface area contributed by atoms with Crippen molar-refractivity contribution in [1.29, 1.82) is 0 Å². The molecule has 7 heteroatoms. The van der Waals surface area contributed by atoms with E-state index < -0.39 is 0 Å². The predicted octanol–water partition coefficient (Wildman–Crippen LogP) is 1.38. The summed E-state index contributed by atoms with van der Waals surface area (Å²) in [5.74, 6) is 0. The minimum Gasteiger partial charge on any atom is -0.382 e. The molecule has 0 saturated carbocycles. The minimum atomic E-state index is -0.151. The molecular formula is C11H13ClN4OS. The Labute approximate surface area is 113 Å².